The number of hydrogen-bond acceptors (Lipinski definition) is 3. The molecule has 0 aliphatic rings. The van der Waals surface area contributed by atoms with Crippen LogP contribution < -0.4 is 10.5 Å². The summed E-state index contributed by atoms with van der Waals surface area (Å²) in [5.41, 5.74) is 0.143. The Hall–Kier alpha value is -1.40. The molecule has 0 radical (unpaired) electrons. The SMILES string of the molecule is CCC(C)(CC)C(=O)Nc1ccc(S(N)(=O)=O)cc1. The predicted molar refractivity (Wildman–Crippen MR) is 75.1 cm³/mol. The van der Waals surface area contributed by atoms with Crippen LogP contribution >= 0.6 is 0 Å². The van der Waals surface area contributed by atoms with Gasteiger partial charge in [-0.05, 0) is 37.1 Å². The molecule has 1 rings (SSSR count). The van der Waals surface area contributed by atoms with Gasteiger partial charge in [-0.3, -0.25) is 4.79 Å². The molecule has 1 aromatic carbocycles. The standard InChI is InChI=1S/C13H20N2O3S/c1-4-13(3,5-2)12(16)15-10-6-8-11(9-7-10)19(14,17)18/h6-9H,4-5H2,1-3H3,(H,15,16)(H2,14,17,18). The van der Waals surface area contributed by atoms with E-state index in [2.05, 4.69) is 5.32 Å². The van der Waals surface area contributed by atoms with Gasteiger partial charge in [0.05, 0.1) is 4.90 Å². The number of primary sulfonamides is 1. The van der Waals surface area contributed by atoms with Crippen molar-refractivity contribution in [2.24, 2.45) is 10.6 Å². The van der Waals surface area contributed by atoms with E-state index >= 15 is 0 Å². The van der Waals surface area contributed by atoms with Crippen molar-refractivity contribution in [2.75, 3.05) is 5.32 Å². The minimum Gasteiger partial charge on any atom is -0.326 e. The monoisotopic (exact) mass is 284 g/mol. The molecule has 19 heavy (non-hydrogen) atoms. The van der Waals surface area contributed by atoms with E-state index in [1.165, 1.54) is 24.3 Å². The molecule has 0 aliphatic carbocycles. The number of anilines is 1. The fourth-order valence-corrected chi connectivity index (χ4v) is 2.10. The molecule has 0 aromatic heterocycles. The summed E-state index contributed by atoms with van der Waals surface area (Å²) in [6.07, 6.45) is 1.48. The minimum atomic E-state index is -3.70. The number of hydrogen-bond donors (Lipinski definition) is 2. The molecule has 0 heterocycles. The van der Waals surface area contributed by atoms with Crippen molar-refractivity contribution < 1.29 is 13.2 Å². The molecule has 6 heteroatoms. The van der Waals surface area contributed by atoms with Gasteiger partial charge in [0.1, 0.15) is 0 Å². The van der Waals surface area contributed by atoms with E-state index in [1.807, 2.05) is 20.8 Å². The molecule has 106 valence electrons. The molecule has 0 atom stereocenters. The molecule has 3 N–H and O–H groups in total. The average Bonchev–Trinajstić information content (AvgIpc) is 2.37. The Morgan fingerprint density at radius 2 is 1.68 bits per heavy atom. The highest BCUT2D eigenvalue weighted by molar-refractivity contribution is 7.89. The van der Waals surface area contributed by atoms with E-state index in [1.54, 1.807) is 0 Å². The molecular weight excluding hydrogens is 264 g/mol. The lowest BCUT2D eigenvalue weighted by atomic mass is 9.84. The van der Waals surface area contributed by atoms with E-state index in [4.69, 9.17) is 5.14 Å². The van der Waals surface area contributed by atoms with E-state index in [9.17, 15) is 13.2 Å². The Balaban J connectivity index is 2.88. The molecule has 0 unspecified atom stereocenters. The second-order valence-electron chi connectivity index (χ2n) is 4.79. The number of nitrogens with two attached hydrogens (primary N) is 1. The quantitative estimate of drug-likeness (QED) is 0.867. The maximum Gasteiger partial charge on any atom is 0.238 e. The maximum atomic E-state index is 12.1. The smallest absolute Gasteiger partial charge is 0.238 e. The van der Waals surface area contributed by atoms with Crippen LogP contribution in [0, 0.1) is 5.41 Å². The normalized spacial score (nSPS) is 12.2. The van der Waals surface area contributed by atoms with E-state index in [-0.39, 0.29) is 10.8 Å². The molecule has 1 amide bonds. The van der Waals surface area contributed by atoms with Crippen LogP contribution in [0.25, 0.3) is 0 Å². The second kappa shape index (κ2) is 5.71. The van der Waals surface area contributed by atoms with Gasteiger partial charge in [-0.1, -0.05) is 20.8 Å². The highest BCUT2D eigenvalue weighted by Crippen LogP contribution is 2.27. The molecule has 0 spiro atoms. The lowest BCUT2D eigenvalue weighted by Gasteiger charge is -2.25. The van der Waals surface area contributed by atoms with Crippen LogP contribution in [-0.2, 0) is 14.8 Å². The fraction of sp³-hybridized carbons (Fsp3) is 0.462. The zero-order valence-corrected chi connectivity index (χ0v) is 12.3. The fourth-order valence-electron chi connectivity index (χ4n) is 1.58. The molecular formula is C13H20N2O3S. The Morgan fingerprint density at radius 1 is 1.21 bits per heavy atom. The molecule has 1 aromatic rings. The first-order chi connectivity index (χ1) is 8.73. The van der Waals surface area contributed by atoms with Crippen LogP contribution in [0.2, 0.25) is 0 Å². The Kier molecular flexibility index (Phi) is 4.70. The minimum absolute atomic E-state index is 0.0271. The Bertz CT molecular complexity index is 546. The van der Waals surface area contributed by atoms with Gasteiger partial charge in [-0.15, -0.1) is 0 Å². The van der Waals surface area contributed by atoms with Crippen LogP contribution in [0.1, 0.15) is 33.6 Å². The largest absolute Gasteiger partial charge is 0.326 e. The lowest BCUT2D eigenvalue weighted by Crippen LogP contribution is -2.32. The summed E-state index contributed by atoms with van der Waals surface area (Å²) in [5, 5.41) is 7.79. The summed E-state index contributed by atoms with van der Waals surface area (Å²) in [6.45, 7) is 5.83. The van der Waals surface area contributed by atoms with Gasteiger partial charge >= 0.3 is 0 Å². The van der Waals surface area contributed by atoms with E-state index in [0.717, 1.165) is 12.8 Å². The summed E-state index contributed by atoms with van der Waals surface area (Å²) in [6, 6.07) is 5.81. The van der Waals surface area contributed by atoms with Crippen LogP contribution in [0.3, 0.4) is 0 Å². The first kappa shape index (κ1) is 15.7. The van der Waals surface area contributed by atoms with Crippen molar-refractivity contribution in [3.05, 3.63) is 24.3 Å². The predicted octanol–water partition coefficient (Wildman–Crippen LogP) is 2.10. The highest BCUT2D eigenvalue weighted by Gasteiger charge is 2.29. The van der Waals surface area contributed by atoms with Gasteiger partial charge in [-0.25, -0.2) is 13.6 Å². The van der Waals surface area contributed by atoms with Gasteiger partial charge in [0.15, 0.2) is 0 Å². The molecule has 0 saturated carbocycles. The van der Waals surface area contributed by atoms with Crippen molar-refractivity contribution in [2.45, 2.75) is 38.5 Å². The summed E-state index contributed by atoms with van der Waals surface area (Å²) in [7, 11) is -3.70. The van der Waals surface area contributed by atoms with Crippen molar-refractivity contribution in [3.8, 4) is 0 Å². The maximum absolute atomic E-state index is 12.1. The summed E-state index contributed by atoms with van der Waals surface area (Å²) >= 11 is 0. The number of sulfonamides is 1. The van der Waals surface area contributed by atoms with E-state index in [0.29, 0.717) is 5.69 Å². The first-order valence-electron chi connectivity index (χ1n) is 6.17. The number of rotatable bonds is 5. The highest BCUT2D eigenvalue weighted by atomic mass is 32.2. The lowest BCUT2D eigenvalue weighted by molar-refractivity contribution is -0.125. The third-order valence-corrected chi connectivity index (χ3v) is 4.48. The molecule has 0 bridgehead atoms. The Morgan fingerprint density at radius 3 is 2.05 bits per heavy atom. The van der Waals surface area contributed by atoms with E-state index < -0.39 is 15.4 Å². The summed E-state index contributed by atoms with van der Waals surface area (Å²) in [4.78, 5) is 12.2. The van der Waals surface area contributed by atoms with Crippen LogP contribution in [0.5, 0.6) is 0 Å². The Labute approximate surface area is 114 Å². The van der Waals surface area contributed by atoms with Crippen molar-refractivity contribution in [1.82, 2.24) is 0 Å². The summed E-state index contributed by atoms with van der Waals surface area (Å²) < 4.78 is 22.2. The first-order valence-corrected chi connectivity index (χ1v) is 7.72. The van der Waals surface area contributed by atoms with Gasteiger partial charge in [0, 0.05) is 11.1 Å². The molecule has 5 nitrogen and oxygen atoms in total. The molecule has 0 saturated heterocycles. The third-order valence-electron chi connectivity index (χ3n) is 3.55. The van der Waals surface area contributed by atoms with Crippen LogP contribution in [0.15, 0.2) is 29.2 Å². The number of nitrogens with one attached hydrogen (secondary N) is 1. The van der Waals surface area contributed by atoms with Gasteiger partial charge in [0.2, 0.25) is 15.9 Å². The van der Waals surface area contributed by atoms with Crippen LogP contribution in [-0.4, -0.2) is 14.3 Å². The van der Waals surface area contributed by atoms with Gasteiger partial charge in [0.25, 0.3) is 0 Å². The van der Waals surface area contributed by atoms with Crippen molar-refractivity contribution in [1.29, 1.82) is 0 Å². The topological polar surface area (TPSA) is 89.3 Å². The average molecular weight is 284 g/mol. The zero-order chi connectivity index (χ0) is 14.7. The number of carbonyl (C=O) groups excluding carboxylic acids is 1. The zero-order valence-electron chi connectivity index (χ0n) is 11.4. The third kappa shape index (κ3) is 3.78. The van der Waals surface area contributed by atoms with Crippen molar-refractivity contribution in [3.63, 3.8) is 0 Å². The number of amides is 1. The summed E-state index contributed by atoms with van der Waals surface area (Å²) in [5.74, 6) is -0.0687. The van der Waals surface area contributed by atoms with Gasteiger partial charge in [-0.2, -0.15) is 0 Å². The molecule has 0 fully saturated rings. The van der Waals surface area contributed by atoms with Crippen LogP contribution in [0.4, 0.5) is 5.69 Å². The second-order valence-corrected chi connectivity index (χ2v) is 6.35. The number of carbonyl (C=O) groups is 1. The van der Waals surface area contributed by atoms with Gasteiger partial charge < -0.3 is 5.32 Å². The molecule has 0 aliphatic heterocycles. The van der Waals surface area contributed by atoms with Crippen molar-refractivity contribution >= 4 is 21.6 Å². The number of benzene rings is 1.